The monoisotopic (exact) mass is 636 g/mol. The first kappa shape index (κ1) is 27.0. The topological polar surface area (TPSA) is 0 Å². The summed E-state index contributed by atoms with van der Waals surface area (Å²) in [6.07, 6.45) is 0. The first-order chi connectivity index (χ1) is 24.3. The molecule has 0 amide bonds. The highest BCUT2D eigenvalue weighted by Gasteiger charge is 2.20. The van der Waals surface area contributed by atoms with E-state index < -0.39 is 0 Å². The van der Waals surface area contributed by atoms with Gasteiger partial charge in [0.25, 0.3) is 0 Å². The summed E-state index contributed by atoms with van der Waals surface area (Å²) >= 11 is 1.89. The summed E-state index contributed by atoms with van der Waals surface area (Å²) in [5.41, 5.74) is 5.12. The first-order valence-electron chi connectivity index (χ1n) is 16.9. The minimum absolute atomic E-state index is 1.25. The number of fused-ring (bicyclic) bond motifs is 13. The van der Waals surface area contributed by atoms with E-state index in [9.17, 15) is 0 Å². The number of benzene rings is 10. The lowest BCUT2D eigenvalue weighted by atomic mass is 9.84. The quantitative estimate of drug-likeness (QED) is 0.131. The second kappa shape index (κ2) is 10.2. The molecule has 0 fully saturated rings. The average Bonchev–Trinajstić information content (AvgIpc) is 3.55. The maximum absolute atomic E-state index is 2.47. The molecule has 0 unspecified atom stereocenters. The fourth-order valence-electron chi connectivity index (χ4n) is 8.59. The van der Waals surface area contributed by atoms with Gasteiger partial charge >= 0.3 is 0 Å². The molecule has 1 heteroatoms. The normalized spacial score (nSPS) is 12.1. The molecule has 1 heterocycles. The van der Waals surface area contributed by atoms with Gasteiger partial charge in [0.1, 0.15) is 0 Å². The van der Waals surface area contributed by atoms with Crippen molar-refractivity contribution in [2.45, 2.75) is 0 Å². The van der Waals surface area contributed by atoms with Crippen LogP contribution in [0.1, 0.15) is 0 Å². The Labute approximate surface area is 287 Å². The van der Waals surface area contributed by atoms with Gasteiger partial charge in [0.15, 0.2) is 0 Å². The maximum Gasteiger partial charge on any atom is 0.0362 e. The minimum atomic E-state index is 1.25. The Balaban J connectivity index is 1.28. The third-order valence-corrected chi connectivity index (χ3v) is 11.8. The molecule has 0 bridgehead atoms. The molecule has 10 aromatic carbocycles. The van der Waals surface area contributed by atoms with Gasteiger partial charge in [-0.1, -0.05) is 152 Å². The number of rotatable bonds is 2. The molecule has 226 valence electrons. The maximum atomic E-state index is 2.47. The van der Waals surface area contributed by atoms with E-state index in [1.165, 1.54) is 107 Å². The van der Waals surface area contributed by atoms with Gasteiger partial charge in [-0.15, -0.1) is 11.3 Å². The van der Waals surface area contributed by atoms with E-state index in [0.29, 0.717) is 0 Å². The highest BCUT2D eigenvalue weighted by atomic mass is 32.1. The predicted octanol–water partition coefficient (Wildman–Crippen LogP) is 14.3. The van der Waals surface area contributed by atoms with Crippen LogP contribution in [0.15, 0.2) is 170 Å². The molecule has 0 aliphatic carbocycles. The van der Waals surface area contributed by atoms with Gasteiger partial charge in [0.2, 0.25) is 0 Å². The molecular weight excluding hydrogens is 609 g/mol. The van der Waals surface area contributed by atoms with Crippen LogP contribution in [0.4, 0.5) is 0 Å². The summed E-state index contributed by atoms with van der Waals surface area (Å²) < 4.78 is 2.68. The highest BCUT2D eigenvalue weighted by molar-refractivity contribution is 7.26. The Morgan fingerprint density at radius 3 is 1.55 bits per heavy atom. The van der Waals surface area contributed by atoms with Crippen LogP contribution in [-0.2, 0) is 0 Å². The van der Waals surface area contributed by atoms with E-state index in [2.05, 4.69) is 170 Å². The summed E-state index contributed by atoms with van der Waals surface area (Å²) in [4.78, 5) is 0. The Morgan fingerprint density at radius 1 is 0.286 bits per heavy atom. The number of hydrogen-bond donors (Lipinski definition) is 0. The molecule has 11 aromatic rings. The van der Waals surface area contributed by atoms with Crippen LogP contribution < -0.4 is 0 Å². The number of hydrogen-bond acceptors (Lipinski definition) is 1. The molecule has 11 rings (SSSR count). The van der Waals surface area contributed by atoms with Gasteiger partial charge in [-0.25, -0.2) is 0 Å². The lowest BCUT2D eigenvalue weighted by Gasteiger charge is -2.19. The first-order valence-corrected chi connectivity index (χ1v) is 17.8. The van der Waals surface area contributed by atoms with E-state index in [1.54, 1.807) is 0 Å². The summed E-state index contributed by atoms with van der Waals surface area (Å²) in [6, 6.07) is 63.2. The standard InChI is InChI=1S/C48H28S/c1-2-14-31-29(12-1)13-11-22-34(31)46-37-19-7-5-17-35(37)45(36-18-6-8-20-38(36)46)30-24-25-40-42(28-30)33-16-4-3-15-32(33)39-26-27-44-48(47(39)40)41-21-9-10-23-43(41)49-44/h1-28H. The summed E-state index contributed by atoms with van der Waals surface area (Å²) in [7, 11) is 0. The van der Waals surface area contributed by atoms with E-state index in [-0.39, 0.29) is 0 Å². The van der Waals surface area contributed by atoms with Crippen LogP contribution in [0.5, 0.6) is 0 Å². The van der Waals surface area contributed by atoms with Crippen molar-refractivity contribution in [3.8, 4) is 22.3 Å². The molecule has 0 aliphatic heterocycles. The minimum Gasteiger partial charge on any atom is -0.135 e. The summed E-state index contributed by atoms with van der Waals surface area (Å²) in [5, 5.41) is 18.3. The third-order valence-electron chi connectivity index (χ3n) is 10.6. The molecule has 0 atom stereocenters. The highest BCUT2D eigenvalue weighted by Crippen LogP contribution is 2.48. The van der Waals surface area contributed by atoms with Crippen LogP contribution in [0.2, 0.25) is 0 Å². The zero-order chi connectivity index (χ0) is 32.1. The van der Waals surface area contributed by atoms with E-state index in [1.807, 2.05) is 11.3 Å². The lowest BCUT2D eigenvalue weighted by molar-refractivity contribution is 1.69. The van der Waals surface area contributed by atoms with Gasteiger partial charge < -0.3 is 0 Å². The van der Waals surface area contributed by atoms with Crippen molar-refractivity contribution in [2.24, 2.45) is 0 Å². The van der Waals surface area contributed by atoms with Crippen molar-refractivity contribution in [1.29, 1.82) is 0 Å². The van der Waals surface area contributed by atoms with Crippen LogP contribution in [-0.4, -0.2) is 0 Å². The largest absolute Gasteiger partial charge is 0.135 e. The van der Waals surface area contributed by atoms with E-state index in [0.717, 1.165) is 0 Å². The molecule has 0 saturated carbocycles. The molecule has 0 spiro atoms. The van der Waals surface area contributed by atoms with Crippen molar-refractivity contribution < 1.29 is 0 Å². The SMILES string of the molecule is c1ccc2c(-c3c4ccccc4c(-c4ccc5c(c4)c4ccccc4c4ccc6sc7ccccc7c6c45)c4ccccc34)cccc2c1. The van der Waals surface area contributed by atoms with Crippen molar-refractivity contribution in [3.05, 3.63) is 170 Å². The van der Waals surface area contributed by atoms with Crippen LogP contribution >= 0.6 is 11.3 Å². The van der Waals surface area contributed by atoms with E-state index >= 15 is 0 Å². The lowest BCUT2D eigenvalue weighted by Crippen LogP contribution is -1.92. The van der Waals surface area contributed by atoms with Crippen molar-refractivity contribution in [3.63, 3.8) is 0 Å². The van der Waals surface area contributed by atoms with Gasteiger partial charge in [-0.3, -0.25) is 0 Å². The van der Waals surface area contributed by atoms with E-state index in [4.69, 9.17) is 0 Å². The van der Waals surface area contributed by atoms with Gasteiger partial charge in [0, 0.05) is 20.2 Å². The van der Waals surface area contributed by atoms with Gasteiger partial charge in [-0.2, -0.15) is 0 Å². The van der Waals surface area contributed by atoms with Crippen molar-refractivity contribution in [2.75, 3.05) is 0 Å². The molecule has 49 heavy (non-hydrogen) atoms. The van der Waals surface area contributed by atoms with Crippen molar-refractivity contribution in [1.82, 2.24) is 0 Å². The predicted molar refractivity (Wildman–Crippen MR) is 215 cm³/mol. The fourth-order valence-corrected chi connectivity index (χ4v) is 9.70. The molecule has 0 nitrogen and oxygen atoms in total. The Morgan fingerprint density at radius 2 is 0.816 bits per heavy atom. The number of thiophene rings is 1. The third kappa shape index (κ3) is 3.79. The summed E-state index contributed by atoms with van der Waals surface area (Å²) in [5.74, 6) is 0. The van der Waals surface area contributed by atoms with Crippen molar-refractivity contribution >= 4 is 96.1 Å². The Hall–Kier alpha value is -6.02. The average molecular weight is 637 g/mol. The molecule has 0 aliphatic rings. The molecule has 0 radical (unpaired) electrons. The molecule has 0 N–H and O–H groups in total. The van der Waals surface area contributed by atoms with Crippen LogP contribution in [0.25, 0.3) is 107 Å². The van der Waals surface area contributed by atoms with Gasteiger partial charge in [0.05, 0.1) is 0 Å². The van der Waals surface area contributed by atoms with Gasteiger partial charge in [-0.05, 0) is 105 Å². The van der Waals surface area contributed by atoms with Crippen LogP contribution in [0.3, 0.4) is 0 Å². The Bertz CT molecular complexity index is 3100. The second-order valence-corrected chi connectivity index (χ2v) is 14.2. The molecule has 0 saturated heterocycles. The molecular formula is C48H28S. The fraction of sp³-hybridized carbons (Fsp3) is 0. The zero-order valence-electron chi connectivity index (χ0n) is 26.6. The second-order valence-electron chi connectivity index (χ2n) is 13.1. The molecule has 1 aromatic heterocycles. The Kier molecular flexibility index (Phi) is 5.64. The zero-order valence-corrected chi connectivity index (χ0v) is 27.4. The van der Waals surface area contributed by atoms with Crippen LogP contribution in [0, 0.1) is 0 Å². The smallest absolute Gasteiger partial charge is 0.0362 e. The summed E-state index contributed by atoms with van der Waals surface area (Å²) in [6.45, 7) is 0.